The molecule has 0 saturated carbocycles. The van der Waals surface area contributed by atoms with E-state index in [0.29, 0.717) is 0 Å². The van der Waals surface area contributed by atoms with Gasteiger partial charge in [-0.05, 0) is 48.0 Å². The molecule has 2 rings (SSSR count). The van der Waals surface area contributed by atoms with Crippen molar-refractivity contribution in [1.82, 2.24) is 9.99 Å². The van der Waals surface area contributed by atoms with Crippen molar-refractivity contribution in [2.75, 3.05) is 0 Å². The lowest BCUT2D eigenvalue weighted by atomic mass is 10.2. The van der Waals surface area contributed by atoms with Gasteiger partial charge in [0.25, 0.3) is 0 Å². The number of urea groups is 1. The molecule has 3 N–H and O–H groups in total. The van der Waals surface area contributed by atoms with Gasteiger partial charge in [0.05, 0.1) is 11.9 Å². The zero-order valence-electron chi connectivity index (χ0n) is 11.2. The molecular formula is C14H15BrN4O. The Kier molecular flexibility index (Phi) is 4.24. The fourth-order valence-electron chi connectivity index (χ4n) is 2.09. The number of rotatable bonds is 3. The molecule has 1 heterocycles. The van der Waals surface area contributed by atoms with Crippen LogP contribution in [0.3, 0.4) is 0 Å². The number of primary amides is 1. The summed E-state index contributed by atoms with van der Waals surface area (Å²) in [5, 5.41) is 3.80. The number of aromatic nitrogens is 1. The first-order chi connectivity index (χ1) is 9.50. The number of nitrogens with two attached hydrogens (primary N) is 1. The lowest BCUT2D eigenvalue weighted by Gasteiger charge is -2.11. The van der Waals surface area contributed by atoms with Crippen LogP contribution in [-0.4, -0.2) is 16.8 Å². The van der Waals surface area contributed by atoms with Crippen LogP contribution in [0.25, 0.3) is 5.69 Å². The number of nitrogens with zero attached hydrogens (tertiary/aromatic N) is 2. The number of hydrogen-bond donors (Lipinski definition) is 2. The largest absolute Gasteiger partial charge is 0.350 e. The Morgan fingerprint density at radius 1 is 1.40 bits per heavy atom. The van der Waals surface area contributed by atoms with E-state index in [1.165, 1.54) is 0 Å². The maximum atomic E-state index is 10.6. The standard InChI is InChI=1S/C14H15BrN4O/c1-9-7-11(8-17-18-14(16)20)10(2)19(9)13-6-4-3-5-12(13)15/h3-8H,1-2H3,(H3,16,18,20)/b17-8-. The van der Waals surface area contributed by atoms with Crippen LogP contribution in [0.2, 0.25) is 0 Å². The van der Waals surface area contributed by atoms with Crippen LogP contribution in [0.4, 0.5) is 4.79 Å². The molecule has 0 spiro atoms. The van der Waals surface area contributed by atoms with Gasteiger partial charge in [-0.2, -0.15) is 5.10 Å². The van der Waals surface area contributed by atoms with Crippen LogP contribution < -0.4 is 11.2 Å². The lowest BCUT2D eigenvalue weighted by Crippen LogP contribution is -2.24. The van der Waals surface area contributed by atoms with E-state index in [1.807, 2.05) is 44.2 Å². The second-order valence-electron chi connectivity index (χ2n) is 4.35. The highest BCUT2D eigenvalue weighted by atomic mass is 79.9. The first-order valence-corrected chi connectivity index (χ1v) is 6.82. The molecule has 0 aliphatic rings. The normalized spacial score (nSPS) is 10.9. The molecule has 0 radical (unpaired) electrons. The van der Waals surface area contributed by atoms with Crippen molar-refractivity contribution in [2.45, 2.75) is 13.8 Å². The van der Waals surface area contributed by atoms with Gasteiger partial charge in [0.1, 0.15) is 0 Å². The first kappa shape index (κ1) is 14.3. The first-order valence-electron chi connectivity index (χ1n) is 6.03. The maximum Gasteiger partial charge on any atom is 0.332 e. The fourth-order valence-corrected chi connectivity index (χ4v) is 2.55. The van der Waals surface area contributed by atoms with E-state index in [0.717, 1.165) is 27.1 Å². The summed E-state index contributed by atoms with van der Waals surface area (Å²) < 4.78 is 3.14. The summed E-state index contributed by atoms with van der Waals surface area (Å²) in [5.74, 6) is 0. The average molecular weight is 335 g/mol. The highest BCUT2D eigenvalue weighted by Gasteiger charge is 2.11. The number of hydrogen-bond acceptors (Lipinski definition) is 2. The molecule has 1 aromatic heterocycles. The Morgan fingerprint density at radius 3 is 2.75 bits per heavy atom. The molecule has 0 fully saturated rings. The second kappa shape index (κ2) is 5.92. The van der Waals surface area contributed by atoms with Crippen LogP contribution in [-0.2, 0) is 0 Å². The third-order valence-electron chi connectivity index (χ3n) is 2.94. The monoisotopic (exact) mass is 334 g/mol. The van der Waals surface area contributed by atoms with Crippen LogP contribution in [0.15, 0.2) is 39.9 Å². The number of aryl methyl sites for hydroxylation is 1. The minimum absolute atomic E-state index is 0.680. The number of carbonyl (C=O) groups excluding carboxylic acids is 1. The minimum Gasteiger partial charge on any atom is -0.350 e. The molecule has 2 aromatic rings. The Hall–Kier alpha value is -2.08. The summed E-state index contributed by atoms with van der Waals surface area (Å²) in [4.78, 5) is 10.6. The van der Waals surface area contributed by atoms with E-state index < -0.39 is 6.03 Å². The zero-order valence-corrected chi connectivity index (χ0v) is 12.8. The van der Waals surface area contributed by atoms with Gasteiger partial charge in [-0.15, -0.1) is 0 Å². The lowest BCUT2D eigenvalue weighted by molar-refractivity contribution is 0.249. The van der Waals surface area contributed by atoms with Crippen LogP contribution in [0.5, 0.6) is 0 Å². The van der Waals surface area contributed by atoms with E-state index in [9.17, 15) is 4.79 Å². The number of para-hydroxylation sites is 1. The van der Waals surface area contributed by atoms with Crippen LogP contribution in [0, 0.1) is 13.8 Å². The van der Waals surface area contributed by atoms with Crippen LogP contribution >= 0.6 is 15.9 Å². The van der Waals surface area contributed by atoms with E-state index in [-0.39, 0.29) is 0 Å². The molecule has 104 valence electrons. The predicted molar refractivity (Wildman–Crippen MR) is 83.3 cm³/mol. The molecule has 0 saturated heterocycles. The Morgan fingerprint density at radius 2 is 2.10 bits per heavy atom. The molecule has 0 aliphatic heterocycles. The van der Waals surface area contributed by atoms with Gasteiger partial charge in [0, 0.05) is 21.4 Å². The van der Waals surface area contributed by atoms with Gasteiger partial charge in [0.15, 0.2) is 0 Å². The molecule has 0 unspecified atom stereocenters. The third kappa shape index (κ3) is 2.91. The Bertz CT molecular complexity index is 676. The van der Waals surface area contributed by atoms with Crippen molar-refractivity contribution in [3.8, 4) is 5.69 Å². The molecule has 2 amide bonds. The number of halogens is 1. The van der Waals surface area contributed by atoms with E-state index in [2.05, 4.69) is 31.0 Å². The molecule has 6 heteroatoms. The van der Waals surface area contributed by atoms with E-state index in [1.54, 1.807) is 6.21 Å². The number of nitrogens with one attached hydrogen (secondary N) is 1. The van der Waals surface area contributed by atoms with Crippen molar-refractivity contribution < 1.29 is 4.79 Å². The molecule has 20 heavy (non-hydrogen) atoms. The van der Waals surface area contributed by atoms with Gasteiger partial charge < -0.3 is 10.3 Å². The molecule has 1 aromatic carbocycles. The molecule has 0 aliphatic carbocycles. The van der Waals surface area contributed by atoms with E-state index in [4.69, 9.17) is 5.73 Å². The fraction of sp³-hybridized carbons (Fsp3) is 0.143. The van der Waals surface area contributed by atoms with E-state index >= 15 is 0 Å². The number of amides is 2. The summed E-state index contributed by atoms with van der Waals surface area (Å²) in [6, 6.07) is 9.31. The molecular weight excluding hydrogens is 320 g/mol. The highest BCUT2D eigenvalue weighted by Crippen LogP contribution is 2.25. The van der Waals surface area contributed by atoms with Gasteiger partial charge in [-0.3, -0.25) is 0 Å². The van der Waals surface area contributed by atoms with Crippen LogP contribution in [0.1, 0.15) is 17.0 Å². The van der Waals surface area contributed by atoms with Crippen molar-refractivity contribution in [2.24, 2.45) is 10.8 Å². The topological polar surface area (TPSA) is 72.4 Å². The Labute approximate surface area is 125 Å². The van der Waals surface area contributed by atoms with Crippen molar-refractivity contribution in [1.29, 1.82) is 0 Å². The van der Waals surface area contributed by atoms with Crippen molar-refractivity contribution in [3.05, 3.63) is 51.8 Å². The molecule has 0 bridgehead atoms. The summed E-state index contributed by atoms with van der Waals surface area (Å²) in [6.07, 6.45) is 1.58. The average Bonchev–Trinajstić information content (AvgIpc) is 2.65. The number of carbonyl (C=O) groups is 1. The third-order valence-corrected chi connectivity index (χ3v) is 3.61. The number of benzene rings is 1. The molecule has 5 nitrogen and oxygen atoms in total. The quantitative estimate of drug-likeness (QED) is 0.657. The zero-order chi connectivity index (χ0) is 14.7. The number of hydrazone groups is 1. The van der Waals surface area contributed by atoms with Gasteiger partial charge >= 0.3 is 6.03 Å². The van der Waals surface area contributed by atoms with Gasteiger partial charge in [0.2, 0.25) is 0 Å². The van der Waals surface area contributed by atoms with Gasteiger partial charge in [-0.1, -0.05) is 12.1 Å². The maximum absolute atomic E-state index is 10.6. The summed E-state index contributed by atoms with van der Waals surface area (Å²) >= 11 is 3.55. The minimum atomic E-state index is -0.680. The summed E-state index contributed by atoms with van der Waals surface area (Å²) in [7, 11) is 0. The summed E-state index contributed by atoms with van der Waals surface area (Å²) in [6.45, 7) is 4.02. The second-order valence-corrected chi connectivity index (χ2v) is 5.20. The predicted octanol–water partition coefficient (Wildman–Crippen LogP) is 2.86. The van der Waals surface area contributed by atoms with Gasteiger partial charge in [-0.25, -0.2) is 10.2 Å². The smallest absolute Gasteiger partial charge is 0.332 e. The van der Waals surface area contributed by atoms with Crippen molar-refractivity contribution >= 4 is 28.2 Å². The summed E-state index contributed by atoms with van der Waals surface area (Å²) in [5.41, 5.74) is 11.3. The molecule has 0 atom stereocenters. The Balaban J connectivity index is 2.42. The highest BCUT2D eigenvalue weighted by molar-refractivity contribution is 9.10. The SMILES string of the molecule is Cc1cc(/C=N\NC(N)=O)c(C)n1-c1ccccc1Br. The van der Waals surface area contributed by atoms with Crippen molar-refractivity contribution in [3.63, 3.8) is 0 Å².